The van der Waals surface area contributed by atoms with E-state index in [1.165, 1.54) is 49.9 Å². The molecule has 1 aromatic heterocycles. The van der Waals surface area contributed by atoms with Crippen LogP contribution < -0.4 is 10.6 Å². The number of thiophene rings is 1. The van der Waals surface area contributed by atoms with Crippen molar-refractivity contribution in [3.63, 3.8) is 0 Å². The van der Waals surface area contributed by atoms with Crippen LogP contribution in [0.3, 0.4) is 0 Å². The Bertz CT molecular complexity index is 579. The van der Waals surface area contributed by atoms with Crippen molar-refractivity contribution in [1.29, 1.82) is 0 Å². The lowest BCUT2D eigenvalue weighted by molar-refractivity contribution is 0.125. The Hall–Kier alpha value is -1.07. The average molecular weight is 375 g/mol. The van der Waals surface area contributed by atoms with E-state index in [0.717, 1.165) is 36.8 Å². The molecule has 0 amide bonds. The first kappa shape index (κ1) is 18.3. The van der Waals surface area contributed by atoms with E-state index in [1.54, 1.807) is 0 Å². The van der Waals surface area contributed by atoms with E-state index in [4.69, 9.17) is 0 Å². The van der Waals surface area contributed by atoms with E-state index < -0.39 is 0 Å². The van der Waals surface area contributed by atoms with Crippen molar-refractivity contribution in [2.45, 2.75) is 44.6 Å². The van der Waals surface area contributed by atoms with Gasteiger partial charge in [-0.25, -0.2) is 0 Å². The van der Waals surface area contributed by atoms with E-state index in [2.05, 4.69) is 45.1 Å². The lowest BCUT2D eigenvalue weighted by Gasteiger charge is -2.39. The third-order valence-corrected chi connectivity index (χ3v) is 7.50. The molecule has 0 spiro atoms. The molecule has 3 fully saturated rings. The molecule has 1 saturated heterocycles. The number of aliphatic imine (C=N–C) groups is 1. The van der Waals surface area contributed by atoms with Crippen molar-refractivity contribution in [2.24, 2.45) is 28.7 Å². The van der Waals surface area contributed by atoms with Gasteiger partial charge >= 0.3 is 0 Å². The van der Waals surface area contributed by atoms with Gasteiger partial charge in [0.2, 0.25) is 0 Å². The molecule has 5 heteroatoms. The summed E-state index contributed by atoms with van der Waals surface area (Å²) in [6.45, 7) is 3.31. The first-order valence-electron chi connectivity index (χ1n) is 10.4. The Balaban J connectivity index is 1.30. The van der Waals surface area contributed by atoms with E-state index in [1.807, 2.05) is 18.4 Å². The average Bonchev–Trinajstić information content (AvgIpc) is 3.58. The highest BCUT2D eigenvalue weighted by molar-refractivity contribution is 7.10. The maximum Gasteiger partial charge on any atom is 0.190 e. The van der Waals surface area contributed by atoms with Crippen molar-refractivity contribution in [1.82, 2.24) is 15.5 Å². The topological polar surface area (TPSA) is 39.7 Å². The highest BCUT2D eigenvalue weighted by Crippen LogP contribution is 2.48. The van der Waals surface area contributed by atoms with Gasteiger partial charge in [0.1, 0.15) is 0 Å². The van der Waals surface area contributed by atoms with Crippen molar-refractivity contribution in [3.05, 3.63) is 22.4 Å². The largest absolute Gasteiger partial charge is 0.356 e. The Morgan fingerprint density at radius 1 is 1.23 bits per heavy atom. The van der Waals surface area contributed by atoms with Gasteiger partial charge in [-0.3, -0.25) is 9.89 Å². The molecule has 2 aliphatic carbocycles. The van der Waals surface area contributed by atoms with Gasteiger partial charge < -0.3 is 10.6 Å². The molecule has 144 valence electrons. The number of nitrogens with zero attached hydrogens (tertiary/aromatic N) is 2. The smallest absolute Gasteiger partial charge is 0.190 e. The first-order chi connectivity index (χ1) is 12.8. The van der Waals surface area contributed by atoms with E-state index >= 15 is 0 Å². The molecule has 1 aromatic rings. The van der Waals surface area contributed by atoms with E-state index in [0.29, 0.717) is 12.0 Å². The van der Waals surface area contributed by atoms with Crippen LogP contribution in [0.5, 0.6) is 0 Å². The van der Waals surface area contributed by atoms with Crippen LogP contribution >= 0.6 is 11.3 Å². The van der Waals surface area contributed by atoms with Crippen molar-refractivity contribution in [2.75, 3.05) is 33.7 Å². The van der Waals surface area contributed by atoms with Crippen LogP contribution in [0.4, 0.5) is 0 Å². The summed E-state index contributed by atoms with van der Waals surface area (Å²) in [6, 6.07) is 5.02. The molecular weight excluding hydrogens is 340 g/mol. The fourth-order valence-corrected chi connectivity index (χ4v) is 5.80. The molecule has 1 aliphatic heterocycles. The highest BCUT2D eigenvalue weighted by Gasteiger charge is 2.41. The molecule has 26 heavy (non-hydrogen) atoms. The Labute approximate surface area is 162 Å². The van der Waals surface area contributed by atoms with Gasteiger partial charge in [0, 0.05) is 31.1 Å². The van der Waals surface area contributed by atoms with Crippen LogP contribution in [0.25, 0.3) is 0 Å². The Morgan fingerprint density at radius 3 is 2.62 bits per heavy atom. The minimum atomic E-state index is 0.542. The quantitative estimate of drug-likeness (QED) is 0.564. The van der Waals surface area contributed by atoms with Gasteiger partial charge in [-0.2, -0.15) is 0 Å². The third kappa shape index (κ3) is 4.42. The Kier molecular flexibility index (Phi) is 5.84. The highest BCUT2D eigenvalue weighted by atomic mass is 32.1. The monoisotopic (exact) mass is 374 g/mol. The zero-order valence-electron chi connectivity index (χ0n) is 16.3. The summed E-state index contributed by atoms with van der Waals surface area (Å²) in [5.41, 5.74) is 0. The van der Waals surface area contributed by atoms with Gasteiger partial charge in [-0.1, -0.05) is 6.07 Å². The zero-order chi connectivity index (χ0) is 17.9. The lowest BCUT2D eigenvalue weighted by Crippen LogP contribution is -2.46. The minimum absolute atomic E-state index is 0.542. The second-order valence-electron chi connectivity index (χ2n) is 8.52. The van der Waals surface area contributed by atoms with Gasteiger partial charge in [0.15, 0.2) is 5.96 Å². The number of rotatable bonds is 7. The summed E-state index contributed by atoms with van der Waals surface area (Å²) in [7, 11) is 4.18. The van der Waals surface area contributed by atoms with Crippen molar-refractivity contribution < 1.29 is 0 Å². The van der Waals surface area contributed by atoms with Crippen LogP contribution in [-0.4, -0.2) is 44.6 Å². The summed E-state index contributed by atoms with van der Waals surface area (Å²) < 4.78 is 0. The SMILES string of the molecule is CN=C(NCC1CCCN(C)C1c1cccs1)NCC(C1CC1)C1CC1. The molecule has 0 aromatic carbocycles. The number of piperidine rings is 1. The molecule has 0 radical (unpaired) electrons. The summed E-state index contributed by atoms with van der Waals surface area (Å²) in [4.78, 5) is 8.53. The van der Waals surface area contributed by atoms with Crippen LogP contribution in [0.15, 0.2) is 22.5 Å². The van der Waals surface area contributed by atoms with E-state index in [-0.39, 0.29) is 0 Å². The summed E-state index contributed by atoms with van der Waals surface area (Å²) in [6.07, 6.45) is 8.39. The normalized spacial score (nSPS) is 27.7. The second-order valence-corrected chi connectivity index (χ2v) is 9.50. The maximum atomic E-state index is 4.49. The number of hydrogen-bond acceptors (Lipinski definition) is 3. The Morgan fingerprint density at radius 2 is 2.00 bits per heavy atom. The van der Waals surface area contributed by atoms with Crippen LogP contribution in [0.1, 0.15) is 49.4 Å². The zero-order valence-corrected chi connectivity index (χ0v) is 17.1. The molecule has 2 N–H and O–H groups in total. The third-order valence-electron chi connectivity index (χ3n) is 6.56. The summed E-state index contributed by atoms with van der Waals surface area (Å²) >= 11 is 1.90. The first-order valence-corrected chi connectivity index (χ1v) is 11.3. The molecule has 2 atom stereocenters. The predicted molar refractivity (Wildman–Crippen MR) is 111 cm³/mol. The molecule has 0 bridgehead atoms. The number of hydrogen-bond donors (Lipinski definition) is 2. The van der Waals surface area contributed by atoms with Crippen LogP contribution in [0.2, 0.25) is 0 Å². The number of likely N-dealkylation sites (tertiary alicyclic amines) is 1. The minimum Gasteiger partial charge on any atom is -0.356 e. The fourth-order valence-electron chi connectivity index (χ4n) is 4.81. The molecule has 3 aliphatic rings. The molecule has 2 unspecified atom stereocenters. The van der Waals surface area contributed by atoms with E-state index in [9.17, 15) is 0 Å². The molecule has 2 saturated carbocycles. The van der Waals surface area contributed by atoms with Gasteiger partial charge in [-0.15, -0.1) is 11.3 Å². The molecule has 4 rings (SSSR count). The van der Waals surface area contributed by atoms with Gasteiger partial charge in [0.25, 0.3) is 0 Å². The van der Waals surface area contributed by atoms with Crippen LogP contribution in [-0.2, 0) is 0 Å². The lowest BCUT2D eigenvalue weighted by atomic mass is 9.88. The molecular formula is C21H34N4S. The summed E-state index contributed by atoms with van der Waals surface area (Å²) in [5.74, 6) is 4.50. The second kappa shape index (κ2) is 8.30. The number of nitrogens with one attached hydrogen (secondary N) is 2. The van der Waals surface area contributed by atoms with Crippen molar-refractivity contribution >= 4 is 17.3 Å². The van der Waals surface area contributed by atoms with Crippen LogP contribution in [0, 0.1) is 23.7 Å². The number of guanidine groups is 1. The van der Waals surface area contributed by atoms with Crippen molar-refractivity contribution in [3.8, 4) is 0 Å². The molecule has 4 nitrogen and oxygen atoms in total. The standard InChI is InChI=1S/C21H34N4S/c1-22-21(24-14-18(15-7-8-15)16-9-10-16)23-13-17-5-3-11-25(2)20(17)19-6-4-12-26-19/h4,6,12,15-18,20H,3,5,7-11,13-14H2,1-2H3,(H2,22,23,24). The maximum absolute atomic E-state index is 4.49. The van der Waals surface area contributed by atoms with Gasteiger partial charge in [0.05, 0.1) is 0 Å². The molecule has 2 heterocycles. The summed E-state index contributed by atoms with van der Waals surface area (Å²) in [5, 5.41) is 9.49. The van der Waals surface area contributed by atoms with Gasteiger partial charge in [-0.05, 0) is 87.2 Å². The fraction of sp³-hybridized carbons (Fsp3) is 0.762. The predicted octanol–water partition coefficient (Wildman–Crippen LogP) is 3.73.